The van der Waals surface area contributed by atoms with Gasteiger partial charge in [-0.2, -0.15) is 0 Å². The Labute approximate surface area is 107 Å². The van der Waals surface area contributed by atoms with Crippen molar-refractivity contribution >= 4 is 23.2 Å². The molecule has 90 valence electrons. The Morgan fingerprint density at radius 1 is 1.18 bits per heavy atom. The van der Waals surface area contributed by atoms with E-state index in [0.29, 0.717) is 6.04 Å². The Morgan fingerprint density at radius 2 is 1.94 bits per heavy atom. The summed E-state index contributed by atoms with van der Waals surface area (Å²) in [5, 5.41) is 6.04. The van der Waals surface area contributed by atoms with Gasteiger partial charge >= 0.3 is 0 Å². The molecule has 3 rings (SSSR count). The summed E-state index contributed by atoms with van der Waals surface area (Å²) < 4.78 is 5.47. The molecule has 1 atom stereocenters. The van der Waals surface area contributed by atoms with Gasteiger partial charge in [-0.1, -0.05) is 30.3 Å². The van der Waals surface area contributed by atoms with Crippen molar-refractivity contribution in [2.45, 2.75) is 12.5 Å². The lowest BCUT2D eigenvalue weighted by atomic mass is 9.92. The summed E-state index contributed by atoms with van der Waals surface area (Å²) in [5.74, 6) is 0.996. The predicted octanol–water partition coefficient (Wildman–Crippen LogP) is 3.30. The Kier molecular flexibility index (Phi) is 3.55. The van der Waals surface area contributed by atoms with E-state index in [1.807, 2.05) is 0 Å². The monoisotopic (exact) mass is 249 g/mol. The fraction of sp³-hybridized carbons (Fsp3) is 0.286. The molecule has 2 aromatic rings. The number of halogens is 1. The fourth-order valence-electron chi connectivity index (χ4n) is 2.35. The van der Waals surface area contributed by atoms with Crippen molar-refractivity contribution in [2.24, 2.45) is 0 Å². The van der Waals surface area contributed by atoms with E-state index in [4.69, 9.17) is 4.74 Å². The normalized spacial score (nSPS) is 18.3. The molecule has 3 heteroatoms. The van der Waals surface area contributed by atoms with Crippen LogP contribution in [0.25, 0.3) is 10.8 Å². The van der Waals surface area contributed by atoms with Gasteiger partial charge in [0.15, 0.2) is 0 Å². The van der Waals surface area contributed by atoms with Crippen LogP contribution in [0.3, 0.4) is 0 Å². The van der Waals surface area contributed by atoms with E-state index in [1.54, 1.807) is 7.11 Å². The average Bonchev–Trinajstić information content (AvgIpc) is 2.27. The van der Waals surface area contributed by atoms with Gasteiger partial charge in [0.25, 0.3) is 0 Å². The molecular formula is C14H16ClNO. The molecule has 0 amide bonds. The first-order valence-electron chi connectivity index (χ1n) is 5.69. The van der Waals surface area contributed by atoms with Crippen LogP contribution in [0.1, 0.15) is 18.0 Å². The summed E-state index contributed by atoms with van der Waals surface area (Å²) in [4.78, 5) is 0. The first kappa shape index (κ1) is 12.2. The minimum atomic E-state index is 0. The maximum absolute atomic E-state index is 5.47. The standard InChI is InChI=1S/C14H15NO.ClH/c1-16-13-7-6-10-4-2-3-5-11(10)14(13)12-8-9-15-12;/h2-7,12,15H,8-9H2,1H3;1H/t12-;/m1./s1. The third-order valence-corrected chi connectivity index (χ3v) is 3.32. The van der Waals surface area contributed by atoms with Crippen molar-refractivity contribution in [3.63, 3.8) is 0 Å². The molecule has 0 spiro atoms. The molecule has 1 N–H and O–H groups in total. The number of nitrogens with one attached hydrogen (secondary N) is 1. The number of fused-ring (bicyclic) bond motifs is 1. The zero-order valence-electron chi connectivity index (χ0n) is 9.77. The maximum Gasteiger partial charge on any atom is 0.124 e. The molecule has 0 bridgehead atoms. The molecular weight excluding hydrogens is 234 g/mol. The SMILES string of the molecule is COc1ccc2ccccc2c1[C@H]1CCN1.Cl. The van der Waals surface area contributed by atoms with E-state index >= 15 is 0 Å². The van der Waals surface area contributed by atoms with Crippen molar-refractivity contribution in [3.8, 4) is 5.75 Å². The zero-order chi connectivity index (χ0) is 11.0. The van der Waals surface area contributed by atoms with Crippen LogP contribution in [0.4, 0.5) is 0 Å². The van der Waals surface area contributed by atoms with Crippen LogP contribution in [0.5, 0.6) is 5.75 Å². The molecule has 0 saturated carbocycles. The maximum atomic E-state index is 5.47. The summed E-state index contributed by atoms with van der Waals surface area (Å²) in [6.07, 6.45) is 1.20. The molecule has 0 aliphatic carbocycles. The van der Waals surface area contributed by atoms with Gasteiger partial charge in [0, 0.05) is 11.6 Å². The van der Waals surface area contributed by atoms with Gasteiger partial charge in [-0.25, -0.2) is 0 Å². The molecule has 1 saturated heterocycles. The molecule has 2 aromatic carbocycles. The lowest BCUT2D eigenvalue weighted by molar-refractivity contribution is 0.356. The van der Waals surface area contributed by atoms with E-state index < -0.39 is 0 Å². The summed E-state index contributed by atoms with van der Waals surface area (Å²) in [5.41, 5.74) is 1.31. The largest absolute Gasteiger partial charge is 0.496 e. The van der Waals surface area contributed by atoms with Crippen LogP contribution >= 0.6 is 12.4 Å². The number of benzene rings is 2. The smallest absolute Gasteiger partial charge is 0.124 e. The van der Waals surface area contributed by atoms with Crippen molar-refractivity contribution in [3.05, 3.63) is 42.0 Å². The van der Waals surface area contributed by atoms with Crippen molar-refractivity contribution < 1.29 is 4.74 Å². The van der Waals surface area contributed by atoms with Crippen LogP contribution in [-0.2, 0) is 0 Å². The minimum absolute atomic E-state index is 0. The highest BCUT2D eigenvalue weighted by atomic mass is 35.5. The summed E-state index contributed by atoms with van der Waals surface area (Å²) in [6, 6.07) is 13.1. The Bertz CT molecular complexity index is 523. The topological polar surface area (TPSA) is 21.3 Å². The second-order valence-electron chi connectivity index (χ2n) is 4.20. The highest BCUT2D eigenvalue weighted by Gasteiger charge is 2.23. The van der Waals surface area contributed by atoms with E-state index in [0.717, 1.165) is 12.3 Å². The summed E-state index contributed by atoms with van der Waals surface area (Å²) in [6.45, 7) is 1.11. The van der Waals surface area contributed by atoms with Crippen LogP contribution in [-0.4, -0.2) is 13.7 Å². The molecule has 1 aliphatic rings. The fourth-order valence-corrected chi connectivity index (χ4v) is 2.35. The van der Waals surface area contributed by atoms with Gasteiger partial charge in [0.05, 0.1) is 7.11 Å². The first-order valence-corrected chi connectivity index (χ1v) is 5.69. The highest BCUT2D eigenvalue weighted by Crippen LogP contribution is 2.36. The van der Waals surface area contributed by atoms with E-state index in [9.17, 15) is 0 Å². The molecule has 0 aromatic heterocycles. The quantitative estimate of drug-likeness (QED) is 0.882. The first-order chi connectivity index (χ1) is 7.90. The molecule has 1 heterocycles. The van der Waals surface area contributed by atoms with E-state index in [2.05, 4.69) is 41.7 Å². The Balaban J connectivity index is 0.00000108. The zero-order valence-corrected chi connectivity index (χ0v) is 10.6. The van der Waals surface area contributed by atoms with Crippen molar-refractivity contribution in [2.75, 3.05) is 13.7 Å². The van der Waals surface area contributed by atoms with E-state index in [-0.39, 0.29) is 12.4 Å². The third kappa shape index (κ3) is 1.99. The van der Waals surface area contributed by atoms with Gasteiger partial charge in [-0.15, -0.1) is 12.4 Å². The van der Waals surface area contributed by atoms with Gasteiger partial charge in [-0.3, -0.25) is 0 Å². The second-order valence-corrected chi connectivity index (χ2v) is 4.20. The minimum Gasteiger partial charge on any atom is -0.496 e. The number of hydrogen-bond donors (Lipinski definition) is 1. The van der Waals surface area contributed by atoms with Gasteiger partial charge in [-0.05, 0) is 29.8 Å². The van der Waals surface area contributed by atoms with Crippen molar-refractivity contribution in [1.29, 1.82) is 0 Å². The molecule has 1 fully saturated rings. The van der Waals surface area contributed by atoms with E-state index in [1.165, 1.54) is 22.8 Å². The van der Waals surface area contributed by atoms with Crippen LogP contribution < -0.4 is 10.1 Å². The Morgan fingerprint density at radius 3 is 2.59 bits per heavy atom. The average molecular weight is 250 g/mol. The number of rotatable bonds is 2. The van der Waals surface area contributed by atoms with Crippen LogP contribution in [0.2, 0.25) is 0 Å². The van der Waals surface area contributed by atoms with Crippen LogP contribution in [0, 0.1) is 0 Å². The number of methoxy groups -OCH3 is 1. The predicted molar refractivity (Wildman–Crippen MR) is 73.1 cm³/mol. The van der Waals surface area contributed by atoms with Gasteiger partial charge < -0.3 is 10.1 Å². The molecule has 17 heavy (non-hydrogen) atoms. The number of hydrogen-bond acceptors (Lipinski definition) is 2. The van der Waals surface area contributed by atoms with Crippen molar-refractivity contribution in [1.82, 2.24) is 5.32 Å². The number of ether oxygens (including phenoxy) is 1. The molecule has 0 unspecified atom stereocenters. The Hall–Kier alpha value is -1.25. The molecule has 2 nitrogen and oxygen atoms in total. The second kappa shape index (κ2) is 4.94. The van der Waals surface area contributed by atoms with Gasteiger partial charge in [0.1, 0.15) is 5.75 Å². The molecule has 0 radical (unpaired) electrons. The third-order valence-electron chi connectivity index (χ3n) is 3.32. The summed E-state index contributed by atoms with van der Waals surface area (Å²) >= 11 is 0. The molecule has 1 aliphatic heterocycles. The lowest BCUT2D eigenvalue weighted by Crippen LogP contribution is -2.35. The van der Waals surface area contributed by atoms with Gasteiger partial charge in [0.2, 0.25) is 0 Å². The highest BCUT2D eigenvalue weighted by molar-refractivity contribution is 5.88. The lowest BCUT2D eigenvalue weighted by Gasteiger charge is -2.30. The van der Waals surface area contributed by atoms with Crippen LogP contribution in [0.15, 0.2) is 36.4 Å². The summed E-state index contributed by atoms with van der Waals surface area (Å²) in [7, 11) is 1.74.